The number of rotatable bonds is 2. The number of hydrogen-bond acceptors (Lipinski definition) is 3. The zero-order valence-electron chi connectivity index (χ0n) is 16.2. The minimum atomic E-state index is 0. The molecule has 0 fully saturated rings. The first kappa shape index (κ1) is 21.4. The number of pyridine rings is 1. The molecular weight excluding hydrogens is 349 g/mol. The molecule has 2 aromatic carbocycles. The predicted molar refractivity (Wildman–Crippen MR) is 106 cm³/mol. The quantitative estimate of drug-likeness (QED) is 0.514. The van der Waals surface area contributed by atoms with Crippen molar-refractivity contribution in [2.75, 3.05) is 0 Å². The normalized spacial score (nSPS) is 10.7. The van der Waals surface area contributed by atoms with Crippen LogP contribution in [0.5, 0.6) is 0 Å². The smallest absolute Gasteiger partial charge is 0.870 e. The molecule has 0 aliphatic rings. The van der Waals surface area contributed by atoms with E-state index in [0.717, 1.165) is 27.7 Å². The van der Waals surface area contributed by atoms with E-state index in [9.17, 15) is 4.79 Å². The van der Waals surface area contributed by atoms with E-state index in [2.05, 4.69) is 29.7 Å². The molecule has 0 radical (unpaired) electrons. The maximum absolute atomic E-state index is 13.0. The van der Waals surface area contributed by atoms with E-state index in [1.807, 2.05) is 44.4 Å². The maximum Gasteiger partial charge on any atom is 1.00 e. The second kappa shape index (κ2) is 8.00. The third kappa shape index (κ3) is 3.37. The first-order chi connectivity index (χ1) is 12.0. The molecule has 27 heavy (non-hydrogen) atoms. The topological polar surface area (TPSA) is 83.0 Å². The fourth-order valence-corrected chi connectivity index (χ4v) is 3.63. The van der Waals surface area contributed by atoms with Crippen LogP contribution in [0.15, 0.2) is 53.3 Å². The predicted octanol–water partition coefficient (Wildman–Crippen LogP) is 0.292. The molecule has 0 saturated carbocycles. The molecule has 5 nitrogen and oxygen atoms in total. The van der Waals surface area contributed by atoms with Gasteiger partial charge in [0.1, 0.15) is 5.65 Å². The zero-order chi connectivity index (χ0) is 17.7. The van der Waals surface area contributed by atoms with E-state index in [1.54, 1.807) is 4.57 Å². The van der Waals surface area contributed by atoms with Crippen LogP contribution in [0.2, 0.25) is 0 Å². The second-order valence-corrected chi connectivity index (χ2v) is 6.64. The summed E-state index contributed by atoms with van der Waals surface area (Å²) in [7, 11) is 3.85. The summed E-state index contributed by atoms with van der Waals surface area (Å²) in [5.74, 6) is 0. The van der Waals surface area contributed by atoms with Crippen LogP contribution in [-0.2, 0) is 20.6 Å². The molecule has 0 unspecified atom stereocenters. The van der Waals surface area contributed by atoms with Gasteiger partial charge in [-0.3, -0.25) is 9.36 Å². The summed E-state index contributed by atoms with van der Waals surface area (Å²) in [6.45, 7) is 2.59. The molecule has 0 aliphatic heterocycles. The van der Waals surface area contributed by atoms with Gasteiger partial charge in [0.05, 0.1) is 5.52 Å². The third-order valence-electron chi connectivity index (χ3n) is 5.00. The van der Waals surface area contributed by atoms with Crippen molar-refractivity contribution in [3.8, 4) is 11.1 Å². The van der Waals surface area contributed by atoms with Crippen LogP contribution < -0.4 is 40.9 Å². The van der Waals surface area contributed by atoms with Crippen molar-refractivity contribution in [3.63, 3.8) is 0 Å². The van der Waals surface area contributed by atoms with Gasteiger partial charge in [-0.1, -0.05) is 35.9 Å². The van der Waals surface area contributed by atoms with E-state index in [4.69, 9.17) is 5.73 Å². The molecule has 0 bridgehead atoms. The molecule has 2 aromatic heterocycles. The van der Waals surface area contributed by atoms with Crippen molar-refractivity contribution < 1.29 is 35.0 Å². The van der Waals surface area contributed by atoms with Gasteiger partial charge in [-0.25, -0.2) is 0 Å². The van der Waals surface area contributed by atoms with Crippen molar-refractivity contribution in [2.45, 2.75) is 13.5 Å². The van der Waals surface area contributed by atoms with Crippen LogP contribution in [0.3, 0.4) is 0 Å². The molecule has 3 N–H and O–H groups in total. The Kier molecular flexibility index (Phi) is 6.35. The van der Waals surface area contributed by atoms with E-state index in [0.29, 0.717) is 12.1 Å². The Balaban J connectivity index is 0.00000131. The minimum Gasteiger partial charge on any atom is -0.870 e. The Morgan fingerprint density at radius 1 is 0.926 bits per heavy atom. The Bertz CT molecular complexity index is 1170. The van der Waals surface area contributed by atoms with Gasteiger partial charge < -0.3 is 15.8 Å². The molecule has 0 atom stereocenters. The Morgan fingerprint density at radius 3 is 2.22 bits per heavy atom. The summed E-state index contributed by atoms with van der Waals surface area (Å²) in [5, 5.41) is 2.27. The summed E-state index contributed by atoms with van der Waals surface area (Å²) < 4.78 is 3.84. The van der Waals surface area contributed by atoms with Crippen LogP contribution in [0.4, 0.5) is 0 Å². The molecule has 134 valence electrons. The average molecular weight is 371 g/mol. The van der Waals surface area contributed by atoms with Gasteiger partial charge in [0.15, 0.2) is 0 Å². The van der Waals surface area contributed by atoms with E-state index >= 15 is 0 Å². The number of nitrogens with zero attached hydrogens (tertiary/aromatic N) is 2. The van der Waals surface area contributed by atoms with Crippen molar-refractivity contribution in [1.82, 2.24) is 9.13 Å². The van der Waals surface area contributed by atoms with Gasteiger partial charge in [0, 0.05) is 37.0 Å². The molecule has 0 saturated heterocycles. The van der Waals surface area contributed by atoms with Crippen LogP contribution in [0, 0.1) is 6.92 Å². The Labute approximate surface area is 180 Å². The number of aromatic nitrogens is 2. The number of hydrogen-bond donors (Lipinski definition) is 1. The zero-order valence-corrected chi connectivity index (χ0v) is 18.2. The summed E-state index contributed by atoms with van der Waals surface area (Å²) in [4.78, 5) is 13.0. The largest absolute Gasteiger partial charge is 1.00 e. The molecule has 4 rings (SSSR count). The van der Waals surface area contributed by atoms with Crippen molar-refractivity contribution in [3.05, 3.63) is 70.0 Å². The van der Waals surface area contributed by atoms with Crippen LogP contribution in [0.25, 0.3) is 33.1 Å². The minimum absolute atomic E-state index is 0. The fraction of sp³-hybridized carbons (Fsp3) is 0.190. The second-order valence-electron chi connectivity index (χ2n) is 6.64. The van der Waals surface area contributed by atoms with Gasteiger partial charge in [0.2, 0.25) is 0 Å². The SMILES string of the molecule is Cc1ccc2c(c1)c1cc(-c3ccc(CN)cc3)c(=O)n(C)c1n2C.[Na+].[OH-]. The number of benzene rings is 2. The summed E-state index contributed by atoms with van der Waals surface area (Å²) in [6, 6.07) is 16.3. The summed E-state index contributed by atoms with van der Waals surface area (Å²) in [6.07, 6.45) is 0. The standard InChI is InChI=1S/C21H21N3O.Na.H2O/c1-13-4-9-19-17(10-13)18-11-16(15-7-5-14(12-22)6-8-15)21(25)24(3)20(18)23(19)2;;/h4-11H,12,22H2,1-3H3;;1H2/q;+1;/p-1. The van der Waals surface area contributed by atoms with Crippen LogP contribution in [0.1, 0.15) is 11.1 Å². The van der Waals surface area contributed by atoms with Gasteiger partial charge in [-0.15, -0.1) is 0 Å². The first-order valence-corrected chi connectivity index (χ1v) is 8.39. The molecule has 0 amide bonds. The van der Waals surface area contributed by atoms with Gasteiger partial charge in [0.25, 0.3) is 5.56 Å². The molecular formula is C21H22N3NaO2. The average Bonchev–Trinajstić information content (AvgIpc) is 2.90. The van der Waals surface area contributed by atoms with E-state index in [1.165, 1.54) is 10.9 Å². The van der Waals surface area contributed by atoms with E-state index in [-0.39, 0.29) is 40.6 Å². The van der Waals surface area contributed by atoms with Crippen molar-refractivity contribution in [1.29, 1.82) is 0 Å². The Morgan fingerprint density at radius 2 is 1.59 bits per heavy atom. The van der Waals surface area contributed by atoms with Gasteiger partial charge in [-0.2, -0.15) is 0 Å². The summed E-state index contributed by atoms with van der Waals surface area (Å²) in [5.41, 5.74) is 11.7. The number of nitrogens with two attached hydrogens (primary N) is 1. The monoisotopic (exact) mass is 371 g/mol. The van der Waals surface area contributed by atoms with Gasteiger partial charge >= 0.3 is 29.6 Å². The van der Waals surface area contributed by atoms with Gasteiger partial charge in [-0.05, 0) is 36.2 Å². The van der Waals surface area contributed by atoms with Crippen LogP contribution >= 0.6 is 0 Å². The first-order valence-electron chi connectivity index (χ1n) is 8.39. The molecule has 6 heteroatoms. The third-order valence-corrected chi connectivity index (χ3v) is 5.00. The molecule has 4 aromatic rings. The maximum atomic E-state index is 13.0. The molecule has 0 aliphatic carbocycles. The fourth-order valence-electron chi connectivity index (χ4n) is 3.63. The van der Waals surface area contributed by atoms with Crippen LogP contribution in [-0.4, -0.2) is 14.6 Å². The Hall–Kier alpha value is -1.89. The number of fused-ring (bicyclic) bond motifs is 3. The van der Waals surface area contributed by atoms with Crippen molar-refractivity contribution >= 4 is 21.9 Å². The molecule has 2 heterocycles. The number of aryl methyl sites for hydroxylation is 3. The van der Waals surface area contributed by atoms with Crippen molar-refractivity contribution in [2.24, 2.45) is 19.8 Å². The summed E-state index contributed by atoms with van der Waals surface area (Å²) >= 11 is 0. The molecule has 0 spiro atoms. The van der Waals surface area contributed by atoms with E-state index < -0.39 is 0 Å².